The molecular formula is C25H14F3N5S. The molecule has 0 unspecified atom stereocenters. The molecular weight excluding hydrogens is 459 g/mol. The number of aromatic nitrogens is 5. The van der Waals surface area contributed by atoms with Crippen molar-refractivity contribution < 1.29 is 13.2 Å². The lowest BCUT2D eigenvalue weighted by molar-refractivity contribution is -0.140. The number of hydrogen-bond donors (Lipinski definition) is 0. The van der Waals surface area contributed by atoms with E-state index in [0.717, 1.165) is 22.4 Å². The van der Waals surface area contributed by atoms with Crippen molar-refractivity contribution in [2.24, 2.45) is 0 Å². The van der Waals surface area contributed by atoms with E-state index in [1.54, 1.807) is 16.6 Å². The molecule has 4 aromatic heterocycles. The van der Waals surface area contributed by atoms with Crippen LogP contribution in [0, 0.1) is 0 Å². The van der Waals surface area contributed by atoms with Crippen LogP contribution in [0.4, 0.5) is 13.2 Å². The summed E-state index contributed by atoms with van der Waals surface area (Å²) in [6, 6.07) is 22.7. The average molecular weight is 473 g/mol. The van der Waals surface area contributed by atoms with Gasteiger partial charge >= 0.3 is 6.18 Å². The van der Waals surface area contributed by atoms with Crippen molar-refractivity contribution in [3.63, 3.8) is 0 Å². The lowest BCUT2D eigenvalue weighted by atomic mass is 10.0. The predicted octanol–water partition coefficient (Wildman–Crippen LogP) is 6.75. The van der Waals surface area contributed by atoms with Crippen LogP contribution in [0.2, 0.25) is 0 Å². The lowest BCUT2D eigenvalue weighted by Gasteiger charge is -2.10. The van der Waals surface area contributed by atoms with Gasteiger partial charge in [-0.05, 0) is 29.3 Å². The summed E-state index contributed by atoms with van der Waals surface area (Å²) < 4.78 is 43.0. The van der Waals surface area contributed by atoms with Gasteiger partial charge in [0.15, 0.2) is 17.2 Å². The number of rotatable bonds is 3. The van der Waals surface area contributed by atoms with Crippen LogP contribution in [0.5, 0.6) is 0 Å². The standard InChI is InChI=1S/C25H14F3N5S/c26-25(27,28)21-19(13-18-7-4-12-29-22(18)30-21)23-31-24-33(32-23)20(14-34-24)17-10-8-16(9-11-17)15-5-2-1-3-6-15/h1-14H. The van der Waals surface area contributed by atoms with Crippen molar-refractivity contribution in [2.75, 3.05) is 0 Å². The number of nitrogens with zero attached hydrogens (tertiary/aromatic N) is 5. The smallest absolute Gasteiger partial charge is 0.237 e. The van der Waals surface area contributed by atoms with Crippen molar-refractivity contribution in [3.05, 3.63) is 90.1 Å². The molecule has 0 spiro atoms. The maximum absolute atomic E-state index is 13.8. The van der Waals surface area contributed by atoms with Crippen molar-refractivity contribution in [2.45, 2.75) is 6.18 Å². The highest BCUT2D eigenvalue weighted by Crippen LogP contribution is 2.37. The molecule has 0 saturated heterocycles. The predicted molar refractivity (Wildman–Crippen MR) is 125 cm³/mol. The van der Waals surface area contributed by atoms with E-state index >= 15 is 0 Å². The van der Waals surface area contributed by atoms with Crippen molar-refractivity contribution >= 4 is 27.3 Å². The summed E-state index contributed by atoms with van der Waals surface area (Å²) in [5.74, 6) is -0.0282. The van der Waals surface area contributed by atoms with Crippen LogP contribution in [0.1, 0.15) is 5.69 Å². The number of hydrogen-bond acceptors (Lipinski definition) is 5. The van der Waals surface area contributed by atoms with E-state index in [0.29, 0.717) is 10.3 Å². The molecule has 166 valence electrons. The van der Waals surface area contributed by atoms with Crippen molar-refractivity contribution in [1.82, 2.24) is 24.6 Å². The van der Waals surface area contributed by atoms with Gasteiger partial charge in [-0.15, -0.1) is 16.4 Å². The van der Waals surface area contributed by atoms with Gasteiger partial charge in [0.25, 0.3) is 0 Å². The first-order valence-electron chi connectivity index (χ1n) is 10.3. The Balaban J connectivity index is 1.45. The summed E-state index contributed by atoms with van der Waals surface area (Å²) in [5.41, 5.74) is 2.62. The molecule has 5 nitrogen and oxygen atoms in total. The second-order valence-corrected chi connectivity index (χ2v) is 8.46. The van der Waals surface area contributed by atoms with E-state index in [1.807, 2.05) is 60.0 Å². The molecule has 0 aliphatic carbocycles. The molecule has 0 fully saturated rings. The Morgan fingerprint density at radius 2 is 1.53 bits per heavy atom. The highest BCUT2D eigenvalue weighted by molar-refractivity contribution is 7.15. The Morgan fingerprint density at radius 1 is 0.794 bits per heavy atom. The van der Waals surface area contributed by atoms with Gasteiger partial charge in [-0.2, -0.15) is 18.2 Å². The number of thiazole rings is 1. The quantitative estimate of drug-likeness (QED) is 0.285. The van der Waals surface area contributed by atoms with Crippen LogP contribution >= 0.6 is 11.3 Å². The molecule has 9 heteroatoms. The molecule has 0 aliphatic heterocycles. The first kappa shape index (κ1) is 20.5. The molecule has 6 aromatic rings. The fourth-order valence-electron chi connectivity index (χ4n) is 3.85. The van der Waals surface area contributed by atoms with Gasteiger partial charge in [0.05, 0.1) is 11.3 Å². The molecule has 0 atom stereocenters. The topological polar surface area (TPSA) is 56.0 Å². The first-order chi connectivity index (χ1) is 16.5. The molecule has 0 bridgehead atoms. The van der Waals surface area contributed by atoms with Gasteiger partial charge in [0, 0.05) is 22.5 Å². The minimum atomic E-state index is -4.67. The average Bonchev–Trinajstić information content (AvgIpc) is 3.44. The second-order valence-electron chi connectivity index (χ2n) is 7.63. The largest absolute Gasteiger partial charge is 0.434 e. The molecule has 0 N–H and O–H groups in total. The van der Waals surface area contributed by atoms with E-state index in [4.69, 9.17) is 0 Å². The van der Waals surface area contributed by atoms with Crippen LogP contribution in [0.25, 0.3) is 49.8 Å². The maximum Gasteiger partial charge on any atom is 0.434 e. The fourth-order valence-corrected chi connectivity index (χ4v) is 4.68. The monoisotopic (exact) mass is 473 g/mol. The summed E-state index contributed by atoms with van der Waals surface area (Å²) in [7, 11) is 0. The summed E-state index contributed by atoms with van der Waals surface area (Å²) >= 11 is 1.32. The zero-order valence-electron chi connectivity index (χ0n) is 17.4. The Morgan fingerprint density at radius 3 is 2.29 bits per heavy atom. The molecule has 0 radical (unpaired) electrons. The Kier molecular flexibility index (Phi) is 4.66. The lowest BCUT2D eigenvalue weighted by Crippen LogP contribution is -2.11. The highest BCUT2D eigenvalue weighted by Gasteiger charge is 2.37. The maximum atomic E-state index is 13.8. The fraction of sp³-hybridized carbons (Fsp3) is 0.0400. The molecule has 4 heterocycles. The molecule has 0 amide bonds. The van der Waals surface area contributed by atoms with E-state index < -0.39 is 11.9 Å². The molecule has 0 saturated carbocycles. The number of halogens is 3. The first-order valence-corrected chi connectivity index (χ1v) is 11.2. The van der Waals surface area contributed by atoms with Crippen LogP contribution in [-0.2, 0) is 6.18 Å². The third-order valence-corrected chi connectivity index (χ3v) is 6.28. The van der Waals surface area contributed by atoms with Gasteiger partial charge in [0.2, 0.25) is 4.96 Å². The summed E-state index contributed by atoms with van der Waals surface area (Å²) in [5, 5.41) is 6.82. The summed E-state index contributed by atoms with van der Waals surface area (Å²) in [4.78, 5) is 12.6. The number of fused-ring (bicyclic) bond motifs is 2. The third kappa shape index (κ3) is 3.50. The van der Waals surface area contributed by atoms with E-state index in [9.17, 15) is 13.2 Å². The van der Waals surface area contributed by atoms with E-state index in [2.05, 4.69) is 20.1 Å². The van der Waals surface area contributed by atoms with Crippen LogP contribution in [-0.4, -0.2) is 24.6 Å². The van der Waals surface area contributed by atoms with Gasteiger partial charge < -0.3 is 0 Å². The number of alkyl halides is 3. The molecule has 0 aliphatic rings. The minimum Gasteiger partial charge on any atom is -0.237 e. The Bertz CT molecular complexity index is 1640. The van der Waals surface area contributed by atoms with Gasteiger partial charge in [-0.1, -0.05) is 54.6 Å². The minimum absolute atomic E-state index is 0.0267. The summed E-state index contributed by atoms with van der Waals surface area (Å²) in [6.07, 6.45) is -3.26. The number of pyridine rings is 2. The normalized spacial score (nSPS) is 12.0. The van der Waals surface area contributed by atoms with Gasteiger partial charge in [0.1, 0.15) is 0 Å². The van der Waals surface area contributed by atoms with Crippen molar-refractivity contribution in [3.8, 4) is 33.8 Å². The molecule has 6 rings (SSSR count). The molecule has 2 aromatic carbocycles. The Hall–Kier alpha value is -4.11. The second kappa shape index (κ2) is 7.74. The zero-order chi connectivity index (χ0) is 23.3. The Labute approximate surface area is 195 Å². The van der Waals surface area contributed by atoms with Crippen LogP contribution < -0.4 is 0 Å². The molecule has 34 heavy (non-hydrogen) atoms. The van der Waals surface area contributed by atoms with E-state index in [1.165, 1.54) is 23.6 Å². The zero-order valence-corrected chi connectivity index (χ0v) is 18.2. The van der Waals surface area contributed by atoms with Crippen LogP contribution in [0.3, 0.4) is 0 Å². The highest BCUT2D eigenvalue weighted by atomic mass is 32.1. The van der Waals surface area contributed by atoms with Gasteiger partial charge in [-0.25, -0.2) is 14.5 Å². The van der Waals surface area contributed by atoms with E-state index in [-0.39, 0.29) is 17.0 Å². The summed E-state index contributed by atoms with van der Waals surface area (Å²) in [6.45, 7) is 0. The number of benzene rings is 2. The SMILES string of the molecule is FC(F)(F)c1nc2ncccc2cc1-c1nc2scc(-c3ccc(-c4ccccc4)cc3)n2n1. The van der Waals surface area contributed by atoms with Crippen molar-refractivity contribution in [1.29, 1.82) is 0 Å². The third-order valence-electron chi connectivity index (χ3n) is 5.47. The van der Waals surface area contributed by atoms with Gasteiger partial charge in [-0.3, -0.25) is 0 Å². The van der Waals surface area contributed by atoms with Crippen LogP contribution in [0.15, 0.2) is 84.4 Å².